The number of benzene rings is 1. The van der Waals surface area contributed by atoms with Gasteiger partial charge in [0.15, 0.2) is 5.82 Å². The summed E-state index contributed by atoms with van der Waals surface area (Å²) in [6.07, 6.45) is 1.98. The first kappa shape index (κ1) is 14.4. The number of rotatable bonds is 3. The first-order valence-electron chi connectivity index (χ1n) is 7.51. The van der Waals surface area contributed by atoms with Crippen LogP contribution in [0, 0.1) is 13.8 Å². The lowest BCUT2D eigenvalue weighted by Gasteiger charge is -2.02. The van der Waals surface area contributed by atoms with Gasteiger partial charge in [-0.3, -0.25) is 4.40 Å². The molecule has 0 fully saturated rings. The third kappa shape index (κ3) is 2.77. The summed E-state index contributed by atoms with van der Waals surface area (Å²) in [6.45, 7) is 8.38. The lowest BCUT2D eigenvalue weighted by atomic mass is 10.1. The van der Waals surface area contributed by atoms with Crippen LogP contribution in [0.5, 0.6) is 0 Å². The molecular formula is C18H20N4. The van der Waals surface area contributed by atoms with Gasteiger partial charge in [0.05, 0.1) is 11.4 Å². The summed E-state index contributed by atoms with van der Waals surface area (Å²) in [5.74, 6) is 1.11. The van der Waals surface area contributed by atoms with Crippen LogP contribution in [0.3, 0.4) is 0 Å². The summed E-state index contributed by atoms with van der Waals surface area (Å²) >= 11 is 0. The Hall–Kier alpha value is -2.49. The van der Waals surface area contributed by atoms with Crippen molar-refractivity contribution in [2.75, 3.05) is 0 Å². The van der Waals surface area contributed by atoms with Crippen molar-refractivity contribution in [2.24, 2.45) is 10.2 Å². The minimum absolute atomic E-state index is 0.299. The van der Waals surface area contributed by atoms with Crippen LogP contribution >= 0.6 is 0 Å². The van der Waals surface area contributed by atoms with Crippen LogP contribution in [0.1, 0.15) is 36.6 Å². The van der Waals surface area contributed by atoms with Gasteiger partial charge in [-0.2, -0.15) is 0 Å². The van der Waals surface area contributed by atoms with Crippen LogP contribution in [0.4, 0.5) is 11.5 Å². The van der Waals surface area contributed by atoms with Crippen LogP contribution in [-0.4, -0.2) is 9.38 Å². The molecule has 0 spiro atoms. The van der Waals surface area contributed by atoms with E-state index >= 15 is 0 Å². The summed E-state index contributed by atoms with van der Waals surface area (Å²) in [6, 6.07) is 12.2. The molecule has 3 rings (SSSR count). The van der Waals surface area contributed by atoms with Crippen molar-refractivity contribution in [1.82, 2.24) is 9.38 Å². The van der Waals surface area contributed by atoms with E-state index in [0.717, 1.165) is 22.8 Å². The highest BCUT2D eigenvalue weighted by molar-refractivity contribution is 5.53. The van der Waals surface area contributed by atoms with Crippen molar-refractivity contribution in [3.05, 3.63) is 59.4 Å². The minimum Gasteiger partial charge on any atom is -0.283 e. The zero-order valence-corrected chi connectivity index (χ0v) is 13.4. The Balaban J connectivity index is 2.09. The van der Waals surface area contributed by atoms with Gasteiger partial charge in [-0.05, 0) is 55.2 Å². The van der Waals surface area contributed by atoms with Crippen molar-refractivity contribution in [2.45, 2.75) is 33.6 Å². The second kappa shape index (κ2) is 5.72. The third-order valence-corrected chi connectivity index (χ3v) is 3.54. The van der Waals surface area contributed by atoms with Gasteiger partial charge in [0.2, 0.25) is 0 Å². The molecule has 1 aromatic carbocycles. The number of nitrogens with zero attached hydrogens (tertiary/aromatic N) is 4. The van der Waals surface area contributed by atoms with Gasteiger partial charge in [0.1, 0.15) is 5.65 Å². The summed E-state index contributed by atoms with van der Waals surface area (Å²) in [4.78, 5) is 4.67. The maximum absolute atomic E-state index is 4.67. The van der Waals surface area contributed by atoms with Crippen LogP contribution in [0.25, 0.3) is 5.65 Å². The van der Waals surface area contributed by atoms with Crippen LogP contribution in [0.15, 0.2) is 52.8 Å². The lowest BCUT2D eigenvalue weighted by Crippen LogP contribution is -1.87. The number of aryl methyl sites for hydroxylation is 2. The molecule has 22 heavy (non-hydrogen) atoms. The Morgan fingerprint density at radius 3 is 2.41 bits per heavy atom. The second-order valence-corrected chi connectivity index (χ2v) is 5.95. The normalized spacial score (nSPS) is 11.9. The van der Waals surface area contributed by atoms with E-state index in [4.69, 9.17) is 0 Å². The zero-order chi connectivity index (χ0) is 15.7. The molecule has 0 N–H and O–H groups in total. The van der Waals surface area contributed by atoms with Crippen molar-refractivity contribution >= 4 is 17.2 Å². The average molecular weight is 292 g/mol. The van der Waals surface area contributed by atoms with Gasteiger partial charge in [0.25, 0.3) is 0 Å². The largest absolute Gasteiger partial charge is 0.283 e. The van der Waals surface area contributed by atoms with Gasteiger partial charge in [0, 0.05) is 6.20 Å². The molecule has 2 aromatic heterocycles. The monoisotopic (exact) mass is 292 g/mol. The minimum atomic E-state index is 0.299. The third-order valence-electron chi connectivity index (χ3n) is 3.54. The molecule has 4 nitrogen and oxygen atoms in total. The fourth-order valence-electron chi connectivity index (χ4n) is 2.60. The summed E-state index contributed by atoms with van der Waals surface area (Å²) in [5, 5.41) is 8.92. The first-order chi connectivity index (χ1) is 10.5. The van der Waals surface area contributed by atoms with E-state index in [1.54, 1.807) is 0 Å². The predicted octanol–water partition coefficient (Wildman–Crippen LogP) is 5.49. The van der Waals surface area contributed by atoms with E-state index in [0.29, 0.717) is 5.92 Å². The van der Waals surface area contributed by atoms with E-state index < -0.39 is 0 Å². The highest BCUT2D eigenvalue weighted by Crippen LogP contribution is 2.29. The number of pyridine rings is 1. The van der Waals surface area contributed by atoms with Gasteiger partial charge in [-0.1, -0.05) is 26.0 Å². The lowest BCUT2D eigenvalue weighted by molar-refractivity contribution is 0.831. The molecule has 0 amide bonds. The first-order valence-corrected chi connectivity index (χ1v) is 7.51. The molecule has 0 saturated heterocycles. The van der Waals surface area contributed by atoms with E-state index in [-0.39, 0.29) is 0 Å². The van der Waals surface area contributed by atoms with Crippen LogP contribution in [-0.2, 0) is 0 Å². The van der Waals surface area contributed by atoms with Gasteiger partial charge >= 0.3 is 0 Å². The second-order valence-electron chi connectivity index (χ2n) is 5.95. The molecule has 0 saturated carbocycles. The highest BCUT2D eigenvalue weighted by Gasteiger charge is 2.14. The molecule has 0 atom stereocenters. The molecule has 4 heteroatoms. The molecule has 0 aliphatic carbocycles. The highest BCUT2D eigenvalue weighted by atomic mass is 15.2. The Kier molecular flexibility index (Phi) is 3.75. The van der Waals surface area contributed by atoms with E-state index in [9.17, 15) is 0 Å². The summed E-state index contributed by atoms with van der Waals surface area (Å²) < 4.78 is 1.99. The topological polar surface area (TPSA) is 42.0 Å². The van der Waals surface area contributed by atoms with Gasteiger partial charge in [-0.15, -0.1) is 10.2 Å². The Labute approximate surface area is 130 Å². The average Bonchev–Trinajstić information content (AvgIpc) is 2.83. The molecule has 0 bridgehead atoms. The Morgan fingerprint density at radius 1 is 1.00 bits per heavy atom. The number of azo groups is 1. The quantitative estimate of drug-likeness (QED) is 0.588. The number of aromatic nitrogens is 2. The van der Waals surface area contributed by atoms with Crippen molar-refractivity contribution in [3.63, 3.8) is 0 Å². The van der Waals surface area contributed by atoms with Crippen LogP contribution in [0.2, 0.25) is 0 Å². The van der Waals surface area contributed by atoms with Crippen molar-refractivity contribution in [1.29, 1.82) is 0 Å². The molecule has 0 unspecified atom stereocenters. The molecule has 3 aromatic rings. The fraction of sp³-hybridized carbons (Fsp3) is 0.278. The number of fused-ring (bicyclic) bond motifs is 1. The fourth-order valence-corrected chi connectivity index (χ4v) is 2.60. The molecule has 112 valence electrons. The van der Waals surface area contributed by atoms with Crippen molar-refractivity contribution in [3.8, 4) is 0 Å². The Bertz CT molecular complexity index is 823. The molecule has 2 heterocycles. The van der Waals surface area contributed by atoms with Crippen molar-refractivity contribution < 1.29 is 0 Å². The number of hydrogen-bond acceptors (Lipinski definition) is 3. The maximum Gasteiger partial charge on any atom is 0.183 e. The summed E-state index contributed by atoms with van der Waals surface area (Å²) in [5.41, 5.74) is 5.13. The van der Waals surface area contributed by atoms with E-state index in [1.165, 1.54) is 11.1 Å². The number of hydrogen-bond donors (Lipinski definition) is 0. The zero-order valence-electron chi connectivity index (χ0n) is 13.4. The summed E-state index contributed by atoms with van der Waals surface area (Å²) in [7, 11) is 0. The van der Waals surface area contributed by atoms with Gasteiger partial charge < -0.3 is 0 Å². The molecular weight excluding hydrogens is 272 g/mol. The molecule has 0 aliphatic rings. The van der Waals surface area contributed by atoms with Gasteiger partial charge in [-0.25, -0.2) is 4.98 Å². The van der Waals surface area contributed by atoms with E-state index in [1.807, 2.05) is 40.9 Å². The maximum atomic E-state index is 4.67. The van der Waals surface area contributed by atoms with E-state index in [2.05, 4.69) is 49.0 Å². The predicted molar refractivity (Wildman–Crippen MR) is 89.4 cm³/mol. The van der Waals surface area contributed by atoms with Crippen LogP contribution < -0.4 is 0 Å². The SMILES string of the molecule is Cc1cc(C)cc(N=Nc2c(C(C)C)nc3ccccn23)c1. The molecule has 0 aliphatic heterocycles. The number of imidazole rings is 1. The molecule has 0 radical (unpaired) electrons. The Morgan fingerprint density at radius 2 is 1.73 bits per heavy atom. The standard InChI is InChI=1S/C18H20N4/c1-12(2)17-18(22-8-6-5-7-16(22)19-17)21-20-15-10-13(3)9-14(4)11-15/h5-12H,1-4H3. The smallest absolute Gasteiger partial charge is 0.183 e.